The van der Waals surface area contributed by atoms with E-state index in [2.05, 4.69) is 93.6 Å². The van der Waals surface area contributed by atoms with Gasteiger partial charge in [0.05, 0.1) is 17.8 Å². The number of anilines is 2. The van der Waals surface area contributed by atoms with Crippen LogP contribution in [0.1, 0.15) is 65.5 Å². The van der Waals surface area contributed by atoms with Crippen LogP contribution in [-0.4, -0.2) is 57.8 Å². The highest BCUT2D eigenvalue weighted by atomic mass is 32.2. The number of likely N-dealkylation sites (tertiary alicyclic amines) is 1. The maximum Gasteiger partial charge on any atom is 0.410 e. The van der Waals surface area contributed by atoms with Crippen LogP contribution in [-0.2, 0) is 4.74 Å². The van der Waals surface area contributed by atoms with Crippen LogP contribution in [0.5, 0.6) is 5.88 Å². The summed E-state index contributed by atoms with van der Waals surface area (Å²) in [6.07, 6.45) is 1.32. The predicted molar refractivity (Wildman–Crippen MR) is 175 cm³/mol. The van der Waals surface area contributed by atoms with E-state index in [1.165, 1.54) is 11.9 Å². The Bertz CT molecular complexity index is 1440. The largest absolute Gasteiger partial charge is 0.475 e. The lowest BCUT2D eigenvalue weighted by molar-refractivity contribution is 0.0587. The molecule has 1 saturated heterocycles. The van der Waals surface area contributed by atoms with Crippen molar-refractivity contribution >= 4 is 29.7 Å². The molecule has 1 aromatic heterocycles. The van der Waals surface area contributed by atoms with E-state index < -0.39 is 0 Å². The fourth-order valence-corrected chi connectivity index (χ4v) is 7.02. The number of rotatable bonds is 5. The lowest BCUT2D eigenvalue weighted by Crippen LogP contribution is -2.49. The Morgan fingerprint density at radius 2 is 1.81 bits per heavy atom. The van der Waals surface area contributed by atoms with Crippen molar-refractivity contribution in [2.45, 2.75) is 96.9 Å². The van der Waals surface area contributed by atoms with Crippen LogP contribution < -0.4 is 14.4 Å². The lowest BCUT2D eigenvalue weighted by Gasteiger charge is -2.39. The van der Waals surface area contributed by atoms with Gasteiger partial charge in [0, 0.05) is 40.3 Å². The van der Waals surface area contributed by atoms with E-state index in [1.807, 2.05) is 24.8 Å². The maximum atomic E-state index is 13.2. The Morgan fingerprint density at radius 3 is 2.51 bits per heavy atom. The summed E-state index contributed by atoms with van der Waals surface area (Å²) < 4.78 is 15.6. The first kappa shape index (κ1) is 31.0. The molecule has 2 aliphatic rings. The van der Waals surface area contributed by atoms with Crippen LogP contribution >= 0.6 is 11.9 Å². The molecule has 0 aliphatic carbocycles. The van der Waals surface area contributed by atoms with E-state index in [1.54, 1.807) is 0 Å². The zero-order valence-electron chi connectivity index (χ0n) is 26.7. The van der Waals surface area contributed by atoms with Gasteiger partial charge in [-0.15, -0.1) is 0 Å². The van der Waals surface area contributed by atoms with E-state index in [-0.39, 0.29) is 29.8 Å². The molecule has 9 heteroatoms. The molecule has 0 radical (unpaired) electrons. The SMILES string of the molecule is Cc1cccc(C)c1-c1cc2nc(n1)NSc1cccc(c1)N(C1CN(C(=O)OC(C)C)C(C)(C)C1)C(CC(C)C)CO2. The Kier molecular flexibility index (Phi) is 9.11. The molecule has 0 spiro atoms. The predicted octanol–water partition coefficient (Wildman–Crippen LogP) is 7.89. The Morgan fingerprint density at radius 1 is 1.09 bits per heavy atom. The van der Waals surface area contributed by atoms with Crippen molar-refractivity contribution in [3.05, 3.63) is 59.7 Å². The van der Waals surface area contributed by atoms with Gasteiger partial charge in [-0.25, -0.2) is 9.78 Å². The van der Waals surface area contributed by atoms with Gasteiger partial charge >= 0.3 is 6.09 Å². The molecule has 0 saturated carbocycles. The van der Waals surface area contributed by atoms with Crippen molar-refractivity contribution in [1.82, 2.24) is 14.9 Å². The number of hydrogen-bond acceptors (Lipinski definition) is 8. The molecule has 1 amide bonds. The van der Waals surface area contributed by atoms with Gasteiger partial charge in [-0.3, -0.25) is 4.72 Å². The molecule has 1 fully saturated rings. The number of aromatic nitrogens is 2. The van der Waals surface area contributed by atoms with Crippen molar-refractivity contribution < 1.29 is 14.3 Å². The van der Waals surface area contributed by atoms with Gasteiger partial charge in [-0.2, -0.15) is 4.98 Å². The van der Waals surface area contributed by atoms with E-state index >= 15 is 0 Å². The molecule has 2 atom stereocenters. The summed E-state index contributed by atoms with van der Waals surface area (Å²) in [5.74, 6) is 1.49. The topological polar surface area (TPSA) is 79.8 Å². The molecule has 2 aromatic carbocycles. The molecular formula is C34H45N5O3S. The van der Waals surface area contributed by atoms with Gasteiger partial charge in [0.15, 0.2) is 0 Å². The fourth-order valence-electron chi connectivity index (χ4n) is 6.39. The Balaban J connectivity index is 1.55. The zero-order valence-corrected chi connectivity index (χ0v) is 27.5. The normalized spacial score (nSPS) is 19.9. The molecule has 4 bridgehead atoms. The first-order valence-corrected chi connectivity index (χ1v) is 16.1. The molecular weight excluding hydrogens is 558 g/mol. The molecule has 3 aromatic rings. The average molecular weight is 604 g/mol. The number of benzene rings is 2. The van der Waals surface area contributed by atoms with Crippen LogP contribution in [0, 0.1) is 19.8 Å². The summed E-state index contributed by atoms with van der Waals surface area (Å²) in [6, 6.07) is 16.9. The number of fused-ring (bicyclic) bond motifs is 4. The number of nitrogens with zero attached hydrogens (tertiary/aromatic N) is 4. The standard InChI is InChI=1S/C34H45N5O3S/c1-21(2)15-26-20-41-30-17-29(31-23(5)11-9-12-24(31)6)35-32(36-30)37-43-28-14-10-13-25(16-28)39(26)27-18-34(7,8)38(19-27)33(40)42-22(3)4/h9-14,16-17,21-22,26-27H,15,18-20H2,1-8H3,(H,35,36,37). The summed E-state index contributed by atoms with van der Waals surface area (Å²) in [5.41, 5.74) is 5.01. The minimum Gasteiger partial charge on any atom is -0.475 e. The number of amides is 1. The highest BCUT2D eigenvalue weighted by molar-refractivity contribution is 8.00. The smallest absolute Gasteiger partial charge is 0.410 e. The number of carbonyl (C=O) groups excluding carboxylic acids is 1. The van der Waals surface area contributed by atoms with Crippen molar-refractivity contribution in [3.8, 4) is 17.1 Å². The van der Waals surface area contributed by atoms with Crippen LogP contribution in [0.25, 0.3) is 11.3 Å². The number of ether oxygens (including phenoxy) is 2. The quantitative estimate of drug-likeness (QED) is 0.295. The number of carbonyl (C=O) groups is 1. The summed E-state index contributed by atoms with van der Waals surface area (Å²) in [7, 11) is 0. The van der Waals surface area contributed by atoms with Gasteiger partial charge in [0.25, 0.3) is 0 Å². The number of aryl methyl sites for hydroxylation is 2. The first-order valence-electron chi connectivity index (χ1n) is 15.3. The van der Waals surface area contributed by atoms with Crippen molar-refractivity contribution in [2.75, 3.05) is 22.8 Å². The Labute approximate surface area is 260 Å². The van der Waals surface area contributed by atoms with Crippen molar-refractivity contribution in [3.63, 3.8) is 0 Å². The van der Waals surface area contributed by atoms with E-state index in [9.17, 15) is 4.79 Å². The van der Waals surface area contributed by atoms with Gasteiger partial charge in [0.2, 0.25) is 11.8 Å². The summed E-state index contributed by atoms with van der Waals surface area (Å²) in [4.78, 5) is 28.3. The van der Waals surface area contributed by atoms with Crippen molar-refractivity contribution in [2.24, 2.45) is 5.92 Å². The number of hydrogen-bond donors (Lipinski definition) is 1. The molecule has 8 nitrogen and oxygen atoms in total. The summed E-state index contributed by atoms with van der Waals surface area (Å²) in [5, 5.41) is 0. The number of nitrogens with one attached hydrogen (secondary N) is 1. The third kappa shape index (κ3) is 7.03. The van der Waals surface area contributed by atoms with Crippen LogP contribution in [0.15, 0.2) is 53.4 Å². The molecule has 230 valence electrons. The second kappa shape index (κ2) is 12.6. The highest BCUT2D eigenvalue weighted by Crippen LogP contribution is 2.38. The monoisotopic (exact) mass is 603 g/mol. The van der Waals surface area contributed by atoms with Crippen LogP contribution in [0.4, 0.5) is 16.4 Å². The van der Waals surface area contributed by atoms with E-state index in [0.29, 0.717) is 30.9 Å². The summed E-state index contributed by atoms with van der Waals surface area (Å²) in [6.45, 7) is 17.8. The van der Waals surface area contributed by atoms with Gasteiger partial charge in [0.1, 0.15) is 6.61 Å². The minimum atomic E-state index is -0.348. The summed E-state index contributed by atoms with van der Waals surface area (Å²) >= 11 is 1.49. The highest BCUT2D eigenvalue weighted by Gasteiger charge is 2.46. The molecule has 43 heavy (non-hydrogen) atoms. The first-order chi connectivity index (χ1) is 20.4. The van der Waals surface area contributed by atoms with Gasteiger partial charge < -0.3 is 19.3 Å². The fraction of sp³-hybridized carbons (Fsp3) is 0.500. The maximum absolute atomic E-state index is 13.2. The third-order valence-corrected chi connectivity index (χ3v) is 8.96. The second-order valence-electron chi connectivity index (χ2n) is 13.1. The third-order valence-electron chi connectivity index (χ3n) is 8.19. The van der Waals surface area contributed by atoms with Gasteiger partial charge in [-0.1, -0.05) is 38.1 Å². The molecule has 3 heterocycles. The molecule has 1 N–H and O–H groups in total. The van der Waals surface area contributed by atoms with E-state index in [4.69, 9.17) is 19.4 Å². The van der Waals surface area contributed by atoms with E-state index in [0.717, 1.165) is 45.8 Å². The molecule has 5 rings (SSSR count). The zero-order chi connectivity index (χ0) is 30.9. The van der Waals surface area contributed by atoms with Crippen molar-refractivity contribution in [1.29, 1.82) is 0 Å². The lowest BCUT2D eigenvalue weighted by atomic mass is 9.96. The van der Waals surface area contributed by atoms with Crippen LogP contribution in [0.2, 0.25) is 0 Å². The molecule has 2 unspecified atom stereocenters. The molecule has 2 aliphatic heterocycles. The second-order valence-corrected chi connectivity index (χ2v) is 14.0. The average Bonchev–Trinajstić information content (AvgIpc) is 3.24. The van der Waals surface area contributed by atoms with Gasteiger partial charge in [-0.05, 0) is 102 Å². The Hall–Kier alpha value is -3.46. The van der Waals surface area contributed by atoms with Crippen LogP contribution in [0.3, 0.4) is 0 Å². The minimum absolute atomic E-state index is 0.0524.